The van der Waals surface area contributed by atoms with Crippen LogP contribution in [0.2, 0.25) is 0 Å². The van der Waals surface area contributed by atoms with E-state index in [1.165, 1.54) is 11.3 Å². The summed E-state index contributed by atoms with van der Waals surface area (Å²) in [6.07, 6.45) is 2.61. The molecule has 1 heterocycles. The van der Waals surface area contributed by atoms with E-state index in [0.29, 0.717) is 36.9 Å². The first-order chi connectivity index (χ1) is 14.7. The van der Waals surface area contributed by atoms with E-state index in [1.807, 2.05) is 53.9 Å². The Morgan fingerprint density at radius 1 is 1.27 bits per heavy atom. The largest absolute Gasteiger partial charge is 0.493 e. The number of anilines is 1. The van der Waals surface area contributed by atoms with Crippen molar-refractivity contribution in [3.05, 3.63) is 63.9 Å². The van der Waals surface area contributed by atoms with E-state index < -0.39 is 0 Å². The summed E-state index contributed by atoms with van der Waals surface area (Å²) in [5, 5.41) is 7.00. The fourth-order valence-corrected chi connectivity index (χ4v) is 3.65. The van der Waals surface area contributed by atoms with Crippen LogP contribution >= 0.6 is 27.3 Å². The summed E-state index contributed by atoms with van der Waals surface area (Å²) >= 11 is 4.96. The van der Waals surface area contributed by atoms with Crippen LogP contribution in [0, 0.1) is 0 Å². The highest BCUT2D eigenvalue weighted by Gasteiger charge is 2.06. The zero-order chi connectivity index (χ0) is 21.2. The minimum atomic E-state index is -0.207. The average Bonchev–Trinajstić information content (AvgIpc) is 3.22. The van der Waals surface area contributed by atoms with Gasteiger partial charge in [-0.25, -0.2) is 4.98 Å². The maximum atomic E-state index is 11.4. The molecule has 6 nitrogen and oxygen atoms in total. The molecule has 0 radical (unpaired) electrons. The molecule has 0 bridgehead atoms. The van der Waals surface area contributed by atoms with Gasteiger partial charge in [-0.1, -0.05) is 46.3 Å². The number of nitrogens with zero attached hydrogens (tertiary/aromatic N) is 2. The topological polar surface area (TPSA) is 72.8 Å². The molecule has 3 aromatic rings. The van der Waals surface area contributed by atoms with Crippen molar-refractivity contribution in [2.24, 2.45) is 5.10 Å². The van der Waals surface area contributed by atoms with Crippen LogP contribution in [0.3, 0.4) is 0 Å². The Hall–Kier alpha value is -2.71. The van der Waals surface area contributed by atoms with Crippen molar-refractivity contribution in [2.45, 2.75) is 19.8 Å². The number of carbonyl (C=O) groups is 1. The highest BCUT2D eigenvalue weighted by atomic mass is 79.9. The second-order valence-electron chi connectivity index (χ2n) is 6.21. The summed E-state index contributed by atoms with van der Waals surface area (Å²) in [5.74, 6) is 0.484. The average molecular weight is 488 g/mol. The Balaban J connectivity index is 1.58. The molecule has 8 heteroatoms. The summed E-state index contributed by atoms with van der Waals surface area (Å²) in [7, 11) is 0. The summed E-state index contributed by atoms with van der Waals surface area (Å²) < 4.78 is 11.7. The summed E-state index contributed by atoms with van der Waals surface area (Å²) in [5.41, 5.74) is 5.76. The summed E-state index contributed by atoms with van der Waals surface area (Å²) in [6.45, 7) is 2.61. The summed E-state index contributed by atoms with van der Waals surface area (Å²) in [4.78, 5) is 16.0. The van der Waals surface area contributed by atoms with Crippen LogP contribution in [-0.4, -0.2) is 30.4 Å². The van der Waals surface area contributed by atoms with E-state index in [1.54, 1.807) is 13.1 Å². The molecule has 0 saturated heterocycles. The number of aromatic nitrogens is 1. The van der Waals surface area contributed by atoms with Crippen LogP contribution in [0.25, 0.3) is 11.3 Å². The molecule has 0 unspecified atom stereocenters. The van der Waals surface area contributed by atoms with Crippen molar-refractivity contribution in [3.8, 4) is 17.0 Å². The van der Waals surface area contributed by atoms with Gasteiger partial charge in [-0.3, -0.25) is 10.2 Å². The Kier molecular flexibility index (Phi) is 8.41. The van der Waals surface area contributed by atoms with Gasteiger partial charge in [-0.2, -0.15) is 5.10 Å². The molecule has 0 aliphatic rings. The molecule has 1 aromatic heterocycles. The zero-order valence-corrected chi connectivity index (χ0v) is 18.9. The minimum absolute atomic E-state index is 0.207. The number of esters is 1. The highest BCUT2D eigenvalue weighted by Crippen LogP contribution is 2.25. The first-order valence-electron chi connectivity index (χ1n) is 9.53. The third-order valence-corrected chi connectivity index (χ3v) is 5.24. The SMILES string of the molecule is CCOC(=O)CCCOc1ccc(Br)cc1C=NNc1nc(-c2ccccc2)cs1. The number of rotatable bonds is 10. The molecule has 156 valence electrons. The van der Waals surface area contributed by atoms with Gasteiger partial charge < -0.3 is 9.47 Å². The maximum absolute atomic E-state index is 11.4. The second kappa shape index (κ2) is 11.5. The van der Waals surface area contributed by atoms with E-state index in [9.17, 15) is 4.79 Å². The standard InChI is InChI=1S/C22H22BrN3O3S/c1-2-28-21(27)9-6-12-29-20-11-10-18(23)13-17(20)14-24-26-22-25-19(15-30-22)16-7-4-3-5-8-16/h3-5,7-8,10-11,13-15H,2,6,9,12H2,1H3,(H,25,26). The maximum Gasteiger partial charge on any atom is 0.305 e. The predicted molar refractivity (Wildman–Crippen MR) is 124 cm³/mol. The number of hydrogen-bond donors (Lipinski definition) is 1. The van der Waals surface area contributed by atoms with Gasteiger partial charge in [0.05, 0.1) is 25.1 Å². The van der Waals surface area contributed by atoms with Gasteiger partial charge in [0, 0.05) is 27.4 Å². The van der Waals surface area contributed by atoms with E-state index in [0.717, 1.165) is 21.3 Å². The monoisotopic (exact) mass is 487 g/mol. The van der Waals surface area contributed by atoms with E-state index in [4.69, 9.17) is 9.47 Å². The van der Waals surface area contributed by atoms with Crippen LogP contribution in [0.15, 0.2) is 63.5 Å². The molecule has 0 amide bonds. The first-order valence-corrected chi connectivity index (χ1v) is 11.2. The third kappa shape index (κ3) is 6.67. The number of thiazole rings is 1. The normalized spacial score (nSPS) is 10.9. The Morgan fingerprint density at radius 2 is 2.10 bits per heavy atom. The molecule has 0 fully saturated rings. The molecule has 0 aliphatic carbocycles. The minimum Gasteiger partial charge on any atom is -0.493 e. The van der Waals surface area contributed by atoms with E-state index in [-0.39, 0.29) is 5.97 Å². The molecule has 3 rings (SSSR count). The number of hydrogen-bond acceptors (Lipinski definition) is 7. The number of halogens is 1. The molecular formula is C22H22BrN3O3S. The fraction of sp³-hybridized carbons (Fsp3) is 0.227. The lowest BCUT2D eigenvalue weighted by Gasteiger charge is -2.09. The van der Waals surface area contributed by atoms with Crippen molar-refractivity contribution in [1.82, 2.24) is 4.98 Å². The molecular weight excluding hydrogens is 466 g/mol. The van der Waals surface area contributed by atoms with Gasteiger partial charge in [0.1, 0.15) is 5.75 Å². The lowest BCUT2D eigenvalue weighted by Crippen LogP contribution is -2.07. The lowest BCUT2D eigenvalue weighted by atomic mass is 10.2. The predicted octanol–water partition coefficient (Wildman–Crippen LogP) is 5.74. The van der Waals surface area contributed by atoms with Gasteiger partial charge in [0.15, 0.2) is 0 Å². The van der Waals surface area contributed by atoms with Gasteiger partial charge in [0.25, 0.3) is 0 Å². The Morgan fingerprint density at radius 3 is 2.90 bits per heavy atom. The second-order valence-corrected chi connectivity index (χ2v) is 7.99. The molecule has 0 aliphatic heterocycles. The quantitative estimate of drug-likeness (QED) is 0.171. The van der Waals surface area contributed by atoms with Crippen LogP contribution in [0.1, 0.15) is 25.3 Å². The van der Waals surface area contributed by atoms with Crippen molar-refractivity contribution >= 4 is 44.6 Å². The smallest absolute Gasteiger partial charge is 0.305 e. The van der Waals surface area contributed by atoms with Crippen LogP contribution in [0.4, 0.5) is 5.13 Å². The molecule has 0 saturated carbocycles. The van der Waals surface area contributed by atoms with Crippen LogP contribution < -0.4 is 10.2 Å². The van der Waals surface area contributed by atoms with Gasteiger partial charge >= 0.3 is 5.97 Å². The van der Waals surface area contributed by atoms with Crippen molar-refractivity contribution in [3.63, 3.8) is 0 Å². The number of nitrogens with one attached hydrogen (secondary N) is 1. The van der Waals surface area contributed by atoms with Crippen LogP contribution in [-0.2, 0) is 9.53 Å². The number of carbonyl (C=O) groups excluding carboxylic acids is 1. The van der Waals surface area contributed by atoms with Crippen molar-refractivity contribution < 1.29 is 14.3 Å². The van der Waals surface area contributed by atoms with Gasteiger partial charge in [0.2, 0.25) is 5.13 Å². The first kappa shape index (κ1) is 22.0. The number of hydrazone groups is 1. The van der Waals surface area contributed by atoms with E-state index in [2.05, 4.69) is 31.4 Å². The molecule has 0 atom stereocenters. The van der Waals surface area contributed by atoms with Crippen molar-refractivity contribution in [2.75, 3.05) is 18.6 Å². The van der Waals surface area contributed by atoms with Gasteiger partial charge in [-0.15, -0.1) is 11.3 Å². The van der Waals surface area contributed by atoms with Gasteiger partial charge in [-0.05, 0) is 31.5 Å². The number of benzene rings is 2. The third-order valence-electron chi connectivity index (χ3n) is 4.00. The van der Waals surface area contributed by atoms with E-state index >= 15 is 0 Å². The van der Waals surface area contributed by atoms with Crippen LogP contribution in [0.5, 0.6) is 5.75 Å². The molecule has 30 heavy (non-hydrogen) atoms. The summed E-state index contributed by atoms with van der Waals surface area (Å²) in [6, 6.07) is 15.7. The van der Waals surface area contributed by atoms with Crippen molar-refractivity contribution in [1.29, 1.82) is 0 Å². The fourth-order valence-electron chi connectivity index (χ4n) is 2.61. The Bertz CT molecular complexity index is 992. The molecule has 0 spiro atoms. The Labute approximate surface area is 188 Å². The molecule has 2 aromatic carbocycles. The number of ether oxygens (including phenoxy) is 2. The zero-order valence-electron chi connectivity index (χ0n) is 16.5. The molecule has 1 N–H and O–H groups in total. The lowest BCUT2D eigenvalue weighted by molar-refractivity contribution is -0.143. The highest BCUT2D eigenvalue weighted by molar-refractivity contribution is 9.10.